The van der Waals surface area contributed by atoms with Crippen LogP contribution in [0.5, 0.6) is 0 Å². The van der Waals surface area contributed by atoms with Crippen LogP contribution in [-0.2, 0) is 11.3 Å². The predicted molar refractivity (Wildman–Crippen MR) is 198 cm³/mol. The molecule has 4 aliphatic heterocycles. The molecule has 4 heterocycles. The van der Waals surface area contributed by atoms with E-state index in [4.69, 9.17) is 0 Å². The maximum absolute atomic E-state index is 14.4. The van der Waals surface area contributed by atoms with Crippen molar-refractivity contribution < 1.29 is 10.2 Å². The summed E-state index contributed by atoms with van der Waals surface area (Å²) in [6, 6.07) is 42.7. The minimum absolute atomic E-state index is 0.299. The fourth-order valence-corrected chi connectivity index (χ4v) is 10.6. The lowest BCUT2D eigenvalue weighted by atomic mass is 9.62. The van der Waals surface area contributed by atoms with Gasteiger partial charge < -0.3 is 30.6 Å². The largest absolute Gasteiger partial charge is 0.851 e. The summed E-state index contributed by atoms with van der Waals surface area (Å²) < 4.78 is 0. The molecule has 6 heteroatoms. The van der Waals surface area contributed by atoms with Crippen molar-refractivity contribution in [3.8, 4) is 0 Å². The van der Waals surface area contributed by atoms with Gasteiger partial charge in [-0.1, -0.05) is 97.1 Å². The van der Waals surface area contributed by atoms with Gasteiger partial charge in [0.25, 0.3) is 0 Å². The summed E-state index contributed by atoms with van der Waals surface area (Å²) in [6.45, 7) is 1.91. The molecule has 6 aromatic carbocycles. The summed E-state index contributed by atoms with van der Waals surface area (Å²) in [4.78, 5) is 5.01. The molecule has 0 amide bonds. The molecule has 5 aliphatic rings. The van der Waals surface area contributed by atoms with E-state index < -0.39 is 24.0 Å². The smallest absolute Gasteiger partial charge is 0.137 e. The first-order valence-electron chi connectivity index (χ1n) is 18.2. The lowest BCUT2D eigenvalue weighted by Crippen LogP contribution is -2.63. The Kier molecular flexibility index (Phi) is 5.90. The van der Waals surface area contributed by atoms with Crippen molar-refractivity contribution in [2.24, 2.45) is 0 Å². The minimum Gasteiger partial charge on any atom is -0.851 e. The Labute approximate surface area is 292 Å². The number of rotatable bonds is 4. The molecule has 0 radical (unpaired) electrons. The zero-order chi connectivity index (χ0) is 33.2. The molecular formula is C44H38N4O2-2. The number of anilines is 4. The van der Waals surface area contributed by atoms with Crippen LogP contribution in [0, 0.1) is 0 Å². The van der Waals surface area contributed by atoms with Crippen LogP contribution in [0.4, 0.5) is 22.7 Å². The highest BCUT2D eigenvalue weighted by molar-refractivity contribution is 6.09. The molecular weight excluding hydrogens is 617 g/mol. The quantitative estimate of drug-likeness (QED) is 0.212. The third-order valence-electron chi connectivity index (χ3n) is 12.8. The van der Waals surface area contributed by atoms with E-state index in [0.717, 1.165) is 82.8 Å². The summed E-state index contributed by atoms with van der Waals surface area (Å²) in [5, 5.41) is 41.1. The van der Waals surface area contributed by atoms with Gasteiger partial charge >= 0.3 is 0 Å². The molecule has 0 spiro atoms. The van der Waals surface area contributed by atoms with Crippen molar-refractivity contribution in [2.45, 2.75) is 61.1 Å². The van der Waals surface area contributed by atoms with Gasteiger partial charge in [-0.25, -0.2) is 0 Å². The van der Waals surface area contributed by atoms with Crippen molar-refractivity contribution in [2.75, 3.05) is 33.5 Å². The number of fused-ring (bicyclic) bond motifs is 4. The molecule has 2 N–H and O–H groups in total. The third-order valence-corrected chi connectivity index (χ3v) is 12.8. The molecule has 0 aromatic heterocycles. The first-order valence-corrected chi connectivity index (χ1v) is 18.2. The van der Waals surface area contributed by atoms with E-state index in [0.29, 0.717) is 0 Å². The highest BCUT2D eigenvalue weighted by Gasteiger charge is 2.49. The Morgan fingerprint density at radius 3 is 1.38 bits per heavy atom. The molecule has 1 saturated carbocycles. The van der Waals surface area contributed by atoms with E-state index in [-0.39, 0.29) is 11.3 Å². The SMILES string of the molecule is [O-]C1C(c2ccc3c4c(cccc24)N2CCCC2(c2ccccc2)N3)C([O-])C1c1ccc2c3c(cccc13)N1CCCC1(c1ccccc1)N2. The van der Waals surface area contributed by atoms with E-state index in [9.17, 15) is 10.2 Å². The Bertz CT molecular complexity index is 2160. The van der Waals surface area contributed by atoms with E-state index in [1.165, 1.54) is 22.5 Å². The lowest BCUT2D eigenvalue weighted by molar-refractivity contribution is -0.535. The molecule has 6 nitrogen and oxygen atoms in total. The molecule has 3 fully saturated rings. The fourth-order valence-electron chi connectivity index (χ4n) is 10.6. The molecule has 2 saturated heterocycles. The topological polar surface area (TPSA) is 76.7 Å². The van der Waals surface area contributed by atoms with Crippen molar-refractivity contribution in [3.63, 3.8) is 0 Å². The van der Waals surface area contributed by atoms with Crippen LogP contribution < -0.4 is 30.6 Å². The van der Waals surface area contributed by atoms with Gasteiger partial charge in [0.15, 0.2) is 0 Å². The summed E-state index contributed by atoms with van der Waals surface area (Å²) in [5.41, 5.74) is 8.23. The average molecular weight is 655 g/mol. The fraction of sp³-hybridized carbons (Fsp3) is 0.273. The highest BCUT2D eigenvalue weighted by atomic mass is 16.3. The van der Waals surface area contributed by atoms with Crippen LogP contribution in [0.1, 0.15) is 59.8 Å². The summed E-state index contributed by atoms with van der Waals surface area (Å²) in [6.07, 6.45) is 2.15. The predicted octanol–water partition coefficient (Wildman–Crippen LogP) is 7.09. The molecule has 6 aromatic rings. The second-order valence-electron chi connectivity index (χ2n) is 15.0. The summed E-state index contributed by atoms with van der Waals surface area (Å²) in [5.74, 6) is -1.20. The van der Waals surface area contributed by atoms with Crippen LogP contribution in [0.2, 0.25) is 0 Å². The van der Waals surface area contributed by atoms with Gasteiger partial charge in [0.05, 0.1) is 0 Å². The van der Waals surface area contributed by atoms with Crippen LogP contribution >= 0.6 is 0 Å². The van der Waals surface area contributed by atoms with Crippen molar-refractivity contribution in [1.29, 1.82) is 0 Å². The molecule has 1 aliphatic carbocycles. The highest BCUT2D eigenvalue weighted by Crippen LogP contribution is 2.56. The minimum atomic E-state index is -1.02. The monoisotopic (exact) mass is 654 g/mol. The number of nitrogens with one attached hydrogen (secondary N) is 2. The van der Waals surface area contributed by atoms with Crippen LogP contribution in [-0.4, -0.2) is 25.3 Å². The van der Waals surface area contributed by atoms with Crippen molar-refractivity contribution in [1.82, 2.24) is 0 Å². The zero-order valence-corrected chi connectivity index (χ0v) is 27.8. The Morgan fingerprint density at radius 1 is 0.500 bits per heavy atom. The molecule has 0 bridgehead atoms. The standard InChI is InChI=1S/C44H38N4O2/c49-41-39(31-19-21-33-37-29(31)15-7-17-35(37)47-25-9-23-43(47,45-33)27-11-3-1-4-12-27)42(50)40(41)32-20-22-34-38-30(32)16-8-18-36(38)48-26-10-24-44(48,46-34)28-13-5-2-6-14-28/h1-8,11-22,39-42,45-46H,9-10,23-26H2/q-2. The number of benzene rings is 6. The van der Waals surface area contributed by atoms with E-state index in [1.54, 1.807) is 0 Å². The molecule has 11 rings (SSSR count). The second kappa shape index (κ2) is 10.3. The Balaban J connectivity index is 0.969. The van der Waals surface area contributed by atoms with Gasteiger partial charge in [-0.2, -0.15) is 0 Å². The number of nitrogens with zero attached hydrogens (tertiary/aromatic N) is 2. The van der Waals surface area contributed by atoms with Gasteiger partial charge in [-0.15, -0.1) is 12.2 Å². The Morgan fingerprint density at radius 2 is 0.940 bits per heavy atom. The van der Waals surface area contributed by atoms with Gasteiger partial charge in [0, 0.05) is 46.6 Å². The van der Waals surface area contributed by atoms with Crippen LogP contribution in [0.15, 0.2) is 121 Å². The number of hydrogen-bond acceptors (Lipinski definition) is 6. The van der Waals surface area contributed by atoms with Crippen molar-refractivity contribution >= 4 is 44.3 Å². The van der Waals surface area contributed by atoms with Crippen molar-refractivity contribution in [3.05, 3.63) is 144 Å². The maximum atomic E-state index is 14.4. The van der Waals surface area contributed by atoms with Crippen LogP contribution in [0.3, 0.4) is 0 Å². The first-order chi connectivity index (χ1) is 24.6. The normalized spacial score (nSPS) is 28.9. The molecule has 2 atom stereocenters. The lowest BCUT2D eigenvalue weighted by Gasteiger charge is -2.62. The Hall–Kier alpha value is -5.04. The van der Waals surface area contributed by atoms with E-state index in [1.807, 2.05) is 0 Å². The van der Waals surface area contributed by atoms with Gasteiger partial charge in [0.2, 0.25) is 0 Å². The molecule has 50 heavy (non-hydrogen) atoms. The first kappa shape index (κ1) is 28.8. The second-order valence-corrected chi connectivity index (χ2v) is 15.0. The average Bonchev–Trinajstić information content (AvgIpc) is 3.81. The summed E-state index contributed by atoms with van der Waals surface area (Å²) in [7, 11) is 0. The molecule has 248 valence electrons. The van der Waals surface area contributed by atoms with E-state index >= 15 is 0 Å². The van der Waals surface area contributed by atoms with Gasteiger partial charge in [0.1, 0.15) is 11.3 Å². The molecule has 2 unspecified atom stereocenters. The van der Waals surface area contributed by atoms with Crippen LogP contribution in [0.25, 0.3) is 21.5 Å². The third kappa shape index (κ3) is 3.60. The number of hydrogen-bond donors (Lipinski definition) is 2. The summed E-state index contributed by atoms with van der Waals surface area (Å²) >= 11 is 0. The zero-order valence-electron chi connectivity index (χ0n) is 27.8. The van der Waals surface area contributed by atoms with E-state index in [2.05, 4.69) is 142 Å². The van der Waals surface area contributed by atoms with Gasteiger partial charge in [-0.05, 0) is 94.8 Å². The van der Waals surface area contributed by atoms with Gasteiger partial charge in [-0.3, -0.25) is 0 Å². The maximum Gasteiger partial charge on any atom is 0.137 e.